The molecule has 1 saturated heterocycles. The third-order valence-electron chi connectivity index (χ3n) is 6.36. The van der Waals surface area contributed by atoms with Gasteiger partial charge in [0.15, 0.2) is 5.76 Å². The van der Waals surface area contributed by atoms with Crippen LogP contribution in [0.4, 0.5) is 0 Å². The van der Waals surface area contributed by atoms with E-state index in [2.05, 4.69) is 10.1 Å². The minimum Gasteiger partial charge on any atom is -0.497 e. The summed E-state index contributed by atoms with van der Waals surface area (Å²) in [5, 5.41) is 14.8. The van der Waals surface area contributed by atoms with Crippen molar-refractivity contribution in [2.75, 3.05) is 20.2 Å². The number of methoxy groups -OCH3 is 1. The number of likely N-dealkylation sites (tertiary alicyclic amines) is 1. The van der Waals surface area contributed by atoms with Gasteiger partial charge < -0.3 is 19.2 Å². The number of benzene rings is 1. The highest BCUT2D eigenvalue weighted by atomic mass is 16.5. The van der Waals surface area contributed by atoms with Gasteiger partial charge in [-0.15, -0.1) is 0 Å². The number of nitrogens with zero attached hydrogens (tertiary/aromatic N) is 4. The van der Waals surface area contributed by atoms with Crippen molar-refractivity contribution >= 4 is 5.91 Å². The Morgan fingerprint density at radius 1 is 1.13 bits per heavy atom. The van der Waals surface area contributed by atoms with Crippen molar-refractivity contribution in [2.24, 2.45) is 11.8 Å². The molecule has 0 bridgehead atoms. The Morgan fingerprint density at radius 2 is 1.90 bits per heavy atom. The molecule has 156 valence electrons. The highest BCUT2D eigenvalue weighted by Gasteiger charge is 2.44. The van der Waals surface area contributed by atoms with E-state index in [1.54, 1.807) is 24.2 Å². The molecule has 8 nitrogen and oxygen atoms in total. The van der Waals surface area contributed by atoms with Crippen molar-refractivity contribution in [1.82, 2.24) is 19.7 Å². The fourth-order valence-electron chi connectivity index (χ4n) is 4.77. The van der Waals surface area contributed by atoms with Gasteiger partial charge in [0.05, 0.1) is 19.3 Å². The van der Waals surface area contributed by atoms with Gasteiger partial charge in [-0.05, 0) is 61.1 Å². The van der Waals surface area contributed by atoms with Gasteiger partial charge in [0.2, 0.25) is 0 Å². The van der Waals surface area contributed by atoms with Crippen molar-refractivity contribution in [3.05, 3.63) is 54.8 Å². The fourth-order valence-corrected chi connectivity index (χ4v) is 4.77. The predicted molar refractivity (Wildman–Crippen MR) is 108 cm³/mol. The lowest BCUT2D eigenvalue weighted by molar-refractivity contribution is 0.0304. The fraction of sp³-hybridized carbons (Fsp3) is 0.409. The van der Waals surface area contributed by atoms with E-state index in [-0.39, 0.29) is 11.9 Å². The van der Waals surface area contributed by atoms with Crippen LogP contribution in [0.1, 0.15) is 29.4 Å². The van der Waals surface area contributed by atoms with Gasteiger partial charge in [0, 0.05) is 18.7 Å². The van der Waals surface area contributed by atoms with Gasteiger partial charge in [-0.1, -0.05) is 0 Å². The Labute approximate surface area is 174 Å². The summed E-state index contributed by atoms with van der Waals surface area (Å²) in [4.78, 5) is 18.9. The lowest BCUT2D eigenvalue weighted by atomic mass is 9.77. The van der Waals surface area contributed by atoms with Crippen LogP contribution in [-0.4, -0.2) is 57.0 Å². The number of carbonyl (C=O) groups excluding carboxylic acids is 1. The van der Waals surface area contributed by atoms with E-state index in [0.717, 1.165) is 17.7 Å². The average Bonchev–Trinajstić information content (AvgIpc) is 3.53. The van der Waals surface area contributed by atoms with Crippen LogP contribution in [0, 0.1) is 11.8 Å². The van der Waals surface area contributed by atoms with E-state index in [1.165, 1.54) is 6.33 Å². The van der Waals surface area contributed by atoms with Crippen molar-refractivity contribution in [2.45, 2.75) is 25.0 Å². The van der Waals surface area contributed by atoms with Gasteiger partial charge in [-0.2, -0.15) is 5.10 Å². The second-order valence-electron chi connectivity index (χ2n) is 8.10. The molecule has 3 aromatic rings. The van der Waals surface area contributed by atoms with Gasteiger partial charge in [-0.3, -0.25) is 4.79 Å². The zero-order valence-corrected chi connectivity index (χ0v) is 16.7. The van der Waals surface area contributed by atoms with Crippen LogP contribution >= 0.6 is 0 Å². The summed E-state index contributed by atoms with van der Waals surface area (Å²) in [7, 11) is 1.62. The second-order valence-corrected chi connectivity index (χ2v) is 8.10. The largest absolute Gasteiger partial charge is 0.497 e. The average molecular weight is 408 g/mol. The molecule has 5 rings (SSSR count). The monoisotopic (exact) mass is 408 g/mol. The van der Waals surface area contributed by atoms with Crippen LogP contribution in [0.15, 0.2) is 53.5 Å². The summed E-state index contributed by atoms with van der Waals surface area (Å²) in [6.07, 6.45) is 4.10. The molecule has 0 radical (unpaired) electrons. The zero-order valence-electron chi connectivity index (χ0n) is 16.7. The number of rotatable bonds is 4. The van der Waals surface area contributed by atoms with Crippen LogP contribution in [-0.2, 0) is 0 Å². The molecular weight excluding hydrogens is 384 g/mol. The molecule has 1 aliphatic carbocycles. The number of aliphatic hydroxyl groups excluding tert-OH is 1. The van der Waals surface area contributed by atoms with Gasteiger partial charge >= 0.3 is 0 Å². The quantitative estimate of drug-likeness (QED) is 0.713. The number of aliphatic hydroxyl groups is 1. The summed E-state index contributed by atoms with van der Waals surface area (Å²) in [5.74, 6) is 2.29. The molecule has 1 aliphatic heterocycles. The summed E-state index contributed by atoms with van der Waals surface area (Å²) in [5.41, 5.74) is 0.892. The zero-order chi connectivity index (χ0) is 20.7. The third-order valence-corrected chi connectivity index (χ3v) is 6.36. The molecule has 8 heteroatoms. The number of hydrogen-bond donors (Lipinski definition) is 1. The molecular formula is C22H24N4O4. The van der Waals surface area contributed by atoms with Crippen molar-refractivity contribution in [3.63, 3.8) is 0 Å². The van der Waals surface area contributed by atoms with Gasteiger partial charge in [0.25, 0.3) is 5.91 Å². The summed E-state index contributed by atoms with van der Waals surface area (Å²) in [6.45, 7) is 1.31. The van der Waals surface area contributed by atoms with Crippen LogP contribution in [0.5, 0.6) is 5.75 Å². The minimum atomic E-state index is -0.478. The maximum absolute atomic E-state index is 13.0. The number of ether oxygens (including phenoxy) is 1. The van der Waals surface area contributed by atoms with Crippen LogP contribution in [0.3, 0.4) is 0 Å². The number of amides is 1. The molecule has 0 unspecified atom stereocenters. The standard InChI is InChI=1S/C22H24N4O4/c1-29-17-4-2-14(3-5-17)20-6-7-21(30-20)22(28)25-10-15-8-18(26-13-23-12-24-26)19(27)9-16(15)11-25/h2-7,12-13,15-16,18-19,27H,8-11H2,1H3/t15-,16+,18-,19-/m1/s1. The molecule has 3 heterocycles. The summed E-state index contributed by atoms with van der Waals surface area (Å²) < 4.78 is 12.8. The normalized spacial score (nSPS) is 25.9. The molecule has 2 aliphatic rings. The Balaban J connectivity index is 1.28. The molecule has 2 fully saturated rings. The molecule has 2 aromatic heterocycles. The van der Waals surface area contributed by atoms with Crippen LogP contribution in [0.25, 0.3) is 11.3 Å². The summed E-state index contributed by atoms with van der Waals surface area (Å²) in [6, 6.07) is 11.0. The maximum atomic E-state index is 13.0. The molecule has 1 amide bonds. The van der Waals surface area contributed by atoms with E-state index >= 15 is 0 Å². The Morgan fingerprint density at radius 3 is 2.60 bits per heavy atom. The Kier molecular flexibility index (Phi) is 4.78. The Hall–Kier alpha value is -3.13. The molecule has 1 saturated carbocycles. The topological polar surface area (TPSA) is 93.6 Å². The first-order valence-corrected chi connectivity index (χ1v) is 10.2. The third kappa shape index (κ3) is 3.37. The first-order valence-electron chi connectivity index (χ1n) is 10.2. The number of aromatic nitrogens is 3. The maximum Gasteiger partial charge on any atom is 0.289 e. The Bertz CT molecular complexity index is 1010. The van der Waals surface area contributed by atoms with Gasteiger partial charge in [0.1, 0.15) is 24.2 Å². The van der Waals surface area contributed by atoms with Crippen molar-refractivity contribution in [3.8, 4) is 17.1 Å². The molecule has 1 aromatic carbocycles. The lowest BCUT2D eigenvalue weighted by Gasteiger charge is -2.34. The number of fused-ring (bicyclic) bond motifs is 1. The van der Waals surface area contributed by atoms with Crippen molar-refractivity contribution < 1.29 is 19.1 Å². The van der Waals surface area contributed by atoms with Crippen LogP contribution < -0.4 is 4.74 Å². The number of carbonyl (C=O) groups is 1. The van der Waals surface area contributed by atoms with E-state index in [9.17, 15) is 9.90 Å². The predicted octanol–water partition coefficient (Wildman–Crippen LogP) is 2.63. The smallest absolute Gasteiger partial charge is 0.289 e. The van der Waals surface area contributed by atoms with E-state index in [1.807, 2.05) is 35.2 Å². The lowest BCUT2D eigenvalue weighted by Crippen LogP contribution is -2.36. The SMILES string of the molecule is COc1ccc(-c2ccc(C(=O)N3C[C@H]4C[C@@H](n5cncn5)[C@H](O)C[C@H]4C3)o2)cc1. The van der Waals surface area contributed by atoms with Gasteiger partial charge in [-0.25, -0.2) is 9.67 Å². The molecule has 1 N–H and O–H groups in total. The van der Waals surface area contributed by atoms with Crippen molar-refractivity contribution in [1.29, 1.82) is 0 Å². The molecule has 30 heavy (non-hydrogen) atoms. The van der Waals surface area contributed by atoms with Crippen LogP contribution in [0.2, 0.25) is 0 Å². The highest BCUT2D eigenvalue weighted by Crippen LogP contribution is 2.41. The first kappa shape index (κ1) is 18.9. The number of hydrogen-bond acceptors (Lipinski definition) is 6. The molecule has 4 atom stereocenters. The van der Waals surface area contributed by atoms with E-state index in [4.69, 9.17) is 9.15 Å². The highest BCUT2D eigenvalue weighted by molar-refractivity contribution is 5.92. The first-order chi connectivity index (χ1) is 14.6. The minimum absolute atomic E-state index is 0.0888. The second kappa shape index (κ2) is 7.60. The van der Waals surface area contributed by atoms with E-state index < -0.39 is 6.10 Å². The number of furan rings is 1. The molecule has 0 spiro atoms. The summed E-state index contributed by atoms with van der Waals surface area (Å²) >= 11 is 0. The van der Waals surface area contributed by atoms with E-state index in [0.29, 0.717) is 42.9 Å².